The molecule has 8 heteroatoms. The van der Waals surface area contributed by atoms with Crippen LogP contribution in [0.25, 0.3) is 55.7 Å². The average Bonchev–Trinajstić information content (AvgIpc) is 3.71. The molecule has 6 aromatic rings. The van der Waals surface area contributed by atoms with Crippen LogP contribution in [0, 0.1) is 0 Å². The van der Waals surface area contributed by atoms with Crippen LogP contribution in [-0.4, -0.2) is 27.3 Å². The van der Waals surface area contributed by atoms with Gasteiger partial charge in [-0.3, -0.25) is 0 Å². The molecule has 2 unspecified atom stereocenters. The summed E-state index contributed by atoms with van der Waals surface area (Å²) in [5, 5.41) is 0. The first-order chi connectivity index (χ1) is 26.3. The second-order valence-corrected chi connectivity index (χ2v) is 17.7. The number of fused-ring (bicyclic) bond motifs is 8. The highest BCUT2D eigenvalue weighted by Crippen LogP contribution is 2.78. The zero-order valence-electron chi connectivity index (χ0n) is 29.4. The van der Waals surface area contributed by atoms with Crippen molar-refractivity contribution in [2.24, 2.45) is 0 Å². The van der Waals surface area contributed by atoms with Gasteiger partial charge in [-0.1, -0.05) is 133 Å². The van der Waals surface area contributed by atoms with Gasteiger partial charge in [-0.25, -0.2) is 0 Å². The van der Waals surface area contributed by atoms with Gasteiger partial charge in [0.15, 0.2) is 0 Å². The highest BCUT2D eigenvalue weighted by molar-refractivity contribution is 8.06. The third kappa shape index (κ3) is 4.58. The molecular weight excluding hydrogens is 743 g/mol. The van der Waals surface area contributed by atoms with Crippen molar-refractivity contribution in [3.05, 3.63) is 168 Å². The molecule has 2 heterocycles. The second kappa shape index (κ2) is 11.6. The molecule has 0 bridgehead atoms. The van der Waals surface area contributed by atoms with Crippen molar-refractivity contribution in [3.8, 4) is 44.5 Å². The lowest BCUT2D eigenvalue weighted by atomic mass is 9.68. The highest BCUT2D eigenvalue weighted by Gasteiger charge is 2.84. The van der Waals surface area contributed by atoms with Crippen LogP contribution >= 0.6 is 23.5 Å². The van der Waals surface area contributed by atoms with Gasteiger partial charge < -0.3 is 0 Å². The minimum atomic E-state index is -5.63. The van der Waals surface area contributed by atoms with E-state index in [1.807, 2.05) is 121 Å². The maximum atomic E-state index is 16.2. The van der Waals surface area contributed by atoms with E-state index in [9.17, 15) is 0 Å². The van der Waals surface area contributed by atoms with Crippen molar-refractivity contribution >= 4 is 34.7 Å². The summed E-state index contributed by atoms with van der Waals surface area (Å²) < 4.78 is 93.6. The molecule has 2 atom stereocenters. The van der Waals surface area contributed by atoms with Crippen molar-refractivity contribution in [1.82, 2.24) is 0 Å². The van der Waals surface area contributed by atoms with Crippen LogP contribution in [0.4, 0.5) is 26.3 Å². The lowest BCUT2D eigenvalue weighted by molar-refractivity contribution is -0.257. The molecule has 0 radical (unpaired) electrons. The maximum Gasteiger partial charge on any atom is 0.380 e. The Bertz CT molecular complexity index is 2450. The van der Waals surface area contributed by atoms with E-state index in [1.54, 1.807) is 38.1 Å². The smallest absolute Gasteiger partial charge is 0.194 e. The van der Waals surface area contributed by atoms with Crippen molar-refractivity contribution < 1.29 is 26.3 Å². The molecule has 2 aliphatic carbocycles. The van der Waals surface area contributed by atoms with Crippen LogP contribution < -0.4 is 0 Å². The Labute approximate surface area is 323 Å². The number of rotatable bonds is 4. The lowest BCUT2D eigenvalue weighted by Gasteiger charge is -2.47. The zero-order valence-corrected chi connectivity index (χ0v) is 31.1. The van der Waals surface area contributed by atoms with Crippen LogP contribution in [0.1, 0.15) is 25.0 Å². The number of hydrogen-bond acceptors (Lipinski definition) is 2. The molecule has 1 fully saturated rings. The molecule has 0 aromatic heterocycles. The molecule has 0 N–H and O–H groups in total. The van der Waals surface area contributed by atoms with E-state index in [4.69, 9.17) is 0 Å². The molecule has 1 saturated carbocycles. The molecule has 6 aromatic carbocycles. The zero-order chi connectivity index (χ0) is 38.1. The quantitative estimate of drug-likeness (QED) is 0.164. The minimum absolute atomic E-state index is 0.140. The first-order valence-electron chi connectivity index (χ1n) is 17.9. The molecule has 272 valence electrons. The summed E-state index contributed by atoms with van der Waals surface area (Å²) in [6.45, 7) is 3.50. The van der Waals surface area contributed by atoms with Gasteiger partial charge in [-0.05, 0) is 92.8 Å². The van der Waals surface area contributed by atoms with Crippen LogP contribution in [-0.2, 0) is 0 Å². The lowest BCUT2D eigenvalue weighted by Crippen LogP contribution is -2.47. The first-order valence-corrected chi connectivity index (χ1v) is 19.5. The van der Waals surface area contributed by atoms with Crippen LogP contribution in [0.15, 0.2) is 167 Å². The molecule has 0 nitrogen and oxygen atoms in total. The van der Waals surface area contributed by atoms with Gasteiger partial charge in [0.05, 0.1) is 9.49 Å². The summed E-state index contributed by atoms with van der Waals surface area (Å²) in [6, 6.07) is 46.3. The van der Waals surface area contributed by atoms with E-state index < -0.39 is 38.4 Å². The van der Waals surface area contributed by atoms with E-state index in [0.29, 0.717) is 9.79 Å². The molecule has 0 amide bonds. The average molecular weight is 773 g/mol. The van der Waals surface area contributed by atoms with Crippen molar-refractivity contribution in [2.45, 2.75) is 50.9 Å². The van der Waals surface area contributed by atoms with E-state index in [1.165, 1.54) is 23.5 Å². The summed E-state index contributed by atoms with van der Waals surface area (Å²) in [7, 11) is 0. The predicted molar refractivity (Wildman–Crippen MR) is 212 cm³/mol. The Morgan fingerprint density at radius 3 is 0.982 bits per heavy atom. The van der Waals surface area contributed by atoms with E-state index in [2.05, 4.69) is 0 Å². The molecule has 0 saturated heterocycles. The van der Waals surface area contributed by atoms with Crippen LogP contribution in [0.2, 0.25) is 0 Å². The molecule has 55 heavy (non-hydrogen) atoms. The Hall–Kier alpha value is -4.92. The van der Waals surface area contributed by atoms with Crippen molar-refractivity contribution in [1.29, 1.82) is 0 Å². The second-order valence-electron chi connectivity index (χ2n) is 14.8. The van der Waals surface area contributed by atoms with Gasteiger partial charge in [0.25, 0.3) is 0 Å². The summed E-state index contributed by atoms with van der Waals surface area (Å²) in [5.41, 5.74) is 5.35. The van der Waals surface area contributed by atoms with Gasteiger partial charge in [0.2, 0.25) is 0 Å². The molecular formula is C47H30F6S2. The highest BCUT2D eigenvalue weighted by atomic mass is 32.2. The van der Waals surface area contributed by atoms with Crippen molar-refractivity contribution in [3.63, 3.8) is 0 Å². The van der Waals surface area contributed by atoms with E-state index in [0.717, 1.165) is 44.5 Å². The monoisotopic (exact) mass is 772 g/mol. The number of alkyl halides is 6. The molecule has 2 aliphatic heterocycles. The molecule has 0 spiro atoms. The fourth-order valence-corrected chi connectivity index (χ4v) is 12.1. The van der Waals surface area contributed by atoms with Gasteiger partial charge in [-0.15, -0.1) is 23.5 Å². The third-order valence-electron chi connectivity index (χ3n) is 11.8. The number of hydrogen-bond donors (Lipinski definition) is 0. The minimum Gasteiger partial charge on any atom is -0.194 e. The van der Waals surface area contributed by atoms with Crippen molar-refractivity contribution in [2.75, 3.05) is 0 Å². The standard InChI is InChI=1S/C47H30F6S2/c1-43-39(35-23-21-33(25-37(35)54-43)31-17-13-29(14-18-31)27-9-5-3-6-10-27)41-42(46(50,51)47(52,53)45(41,48)49)40-36-24-22-34(26-38(36)55-44(40,43)2)32-19-15-30(16-20-32)28-11-7-4-8-12-28/h3-26H,1-2H3. The fourth-order valence-electron chi connectivity index (χ4n) is 8.82. The normalized spacial score (nSPS) is 23.6. The first kappa shape index (κ1) is 34.6. The summed E-state index contributed by atoms with van der Waals surface area (Å²) in [5.74, 6) is -15.9. The van der Waals surface area contributed by atoms with Gasteiger partial charge in [0, 0.05) is 20.9 Å². The molecule has 10 rings (SSSR count). The number of halogens is 6. The Balaban J connectivity index is 1.11. The largest absolute Gasteiger partial charge is 0.380 e. The Morgan fingerprint density at radius 1 is 0.345 bits per heavy atom. The third-order valence-corrected chi connectivity index (χ3v) is 15.1. The number of benzene rings is 6. The van der Waals surface area contributed by atoms with Gasteiger partial charge in [0.1, 0.15) is 0 Å². The topological polar surface area (TPSA) is 0 Å². The van der Waals surface area contributed by atoms with Gasteiger partial charge in [-0.2, -0.15) is 26.3 Å². The summed E-state index contributed by atoms with van der Waals surface area (Å²) in [4.78, 5) is 1.17. The number of allylic oxidation sites excluding steroid dienone is 2. The van der Waals surface area contributed by atoms with E-state index in [-0.39, 0.29) is 22.3 Å². The SMILES string of the molecule is CC12Sc3cc(-c4ccc(-c5ccccc5)cc4)ccc3C1=C1C(=C3c4ccc(-c5ccc(-c6ccccc6)cc5)cc4SC32C)C(F)(F)C(F)(F)C1(F)F. The Kier molecular flexibility index (Phi) is 7.26. The van der Waals surface area contributed by atoms with Gasteiger partial charge >= 0.3 is 17.8 Å². The van der Waals surface area contributed by atoms with E-state index >= 15 is 26.3 Å². The van der Waals surface area contributed by atoms with Crippen LogP contribution in [0.3, 0.4) is 0 Å². The Morgan fingerprint density at radius 2 is 0.636 bits per heavy atom. The number of thioether (sulfide) groups is 2. The molecule has 4 aliphatic rings. The summed E-state index contributed by atoms with van der Waals surface area (Å²) in [6.07, 6.45) is 0. The maximum absolute atomic E-state index is 16.2. The van der Waals surface area contributed by atoms with Crippen LogP contribution in [0.5, 0.6) is 0 Å². The fraction of sp³-hybridized carbons (Fsp3) is 0.149. The predicted octanol–water partition coefficient (Wildman–Crippen LogP) is 14.2. The summed E-state index contributed by atoms with van der Waals surface area (Å²) >= 11 is 2.58.